The van der Waals surface area contributed by atoms with Crippen LogP contribution in [0.25, 0.3) is 0 Å². The zero-order valence-corrected chi connectivity index (χ0v) is 8.99. The second-order valence-electron chi connectivity index (χ2n) is 3.85. The molecule has 0 bridgehead atoms. The molecule has 1 aromatic rings. The van der Waals surface area contributed by atoms with Gasteiger partial charge in [0.1, 0.15) is 0 Å². The van der Waals surface area contributed by atoms with Crippen LogP contribution in [0.5, 0.6) is 0 Å². The van der Waals surface area contributed by atoms with Crippen molar-refractivity contribution in [2.24, 2.45) is 11.7 Å². The lowest BCUT2D eigenvalue weighted by atomic mass is 9.81. The SMILES string of the molecule is NCc1cnc(NCC2CC(F)(F)C2)s1. The highest BCUT2D eigenvalue weighted by atomic mass is 32.1. The van der Waals surface area contributed by atoms with Gasteiger partial charge in [-0.05, 0) is 5.92 Å². The van der Waals surface area contributed by atoms with E-state index >= 15 is 0 Å². The van der Waals surface area contributed by atoms with Crippen LogP contribution in [-0.2, 0) is 6.54 Å². The fourth-order valence-electron chi connectivity index (χ4n) is 1.64. The van der Waals surface area contributed by atoms with E-state index < -0.39 is 5.92 Å². The molecule has 1 saturated carbocycles. The molecule has 0 saturated heterocycles. The molecule has 1 aliphatic carbocycles. The molecule has 15 heavy (non-hydrogen) atoms. The fraction of sp³-hybridized carbons (Fsp3) is 0.667. The standard InChI is InChI=1S/C9H13F2N3S/c10-9(11)1-6(2-9)4-13-8-14-5-7(3-12)15-8/h5-6H,1-4,12H2,(H,13,14). The summed E-state index contributed by atoms with van der Waals surface area (Å²) < 4.78 is 25.0. The molecular weight excluding hydrogens is 220 g/mol. The molecule has 0 atom stereocenters. The Balaban J connectivity index is 1.75. The first kappa shape index (κ1) is 10.8. The summed E-state index contributed by atoms with van der Waals surface area (Å²) in [4.78, 5) is 5.09. The molecule has 1 aromatic heterocycles. The summed E-state index contributed by atoms with van der Waals surface area (Å²) in [5.74, 6) is -2.36. The number of nitrogens with two attached hydrogens (primary N) is 1. The van der Waals surface area contributed by atoms with Crippen LogP contribution in [0.3, 0.4) is 0 Å². The average Bonchev–Trinajstić information content (AvgIpc) is 2.59. The van der Waals surface area contributed by atoms with Crippen LogP contribution in [-0.4, -0.2) is 17.5 Å². The quantitative estimate of drug-likeness (QED) is 0.837. The molecule has 1 aliphatic rings. The first-order chi connectivity index (χ1) is 7.09. The third kappa shape index (κ3) is 2.63. The molecule has 0 amide bonds. The normalized spacial score (nSPS) is 19.9. The number of hydrogen-bond acceptors (Lipinski definition) is 4. The van der Waals surface area contributed by atoms with E-state index in [1.165, 1.54) is 11.3 Å². The summed E-state index contributed by atoms with van der Waals surface area (Å²) >= 11 is 1.47. The third-order valence-corrected chi connectivity index (χ3v) is 3.45. The topological polar surface area (TPSA) is 50.9 Å². The first-order valence-electron chi connectivity index (χ1n) is 4.85. The Kier molecular flexibility index (Phi) is 2.88. The largest absolute Gasteiger partial charge is 0.361 e. The fourth-order valence-corrected chi connectivity index (χ4v) is 2.34. The number of rotatable bonds is 4. The Morgan fingerprint density at radius 3 is 2.87 bits per heavy atom. The van der Waals surface area contributed by atoms with Crippen LogP contribution < -0.4 is 11.1 Å². The van der Waals surface area contributed by atoms with Crippen LogP contribution in [0.2, 0.25) is 0 Å². The predicted octanol–water partition coefficient (Wildman–Crippen LogP) is 2.06. The monoisotopic (exact) mass is 233 g/mol. The second-order valence-corrected chi connectivity index (χ2v) is 4.96. The van der Waals surface area contributed by atoms with Gasteiger partial charge in [-0.25, -0.2) is 13.8 Å². The number of alkyl halides is 2. The highest BCUT2D eigenvalue weighted by molar-refractivity contribution is 7.15. The van der Waals surface area contributed by atoms with E-state index in [2.05, 4.69) is 10.3 Å². The number of nitrogens with one attached hydrogen (secondary N) is 1. The van der Waals surface area contributed by atoms with Crippen LogP contribution in [0.4, 0.5) is 13.9 Å². The van der Waals surface area contributed by atoms with Crippen molar-refractivity contribution in [3.05, 3.63) is 11.1 Å². The number of aromatic nitrogens is 1. The molecule has 1 heterocycles. The third-order valence-electron chi connectivity index (χ3n) is 2.47. The minimum Gasteiger partial charge on any atom is -0.361 e. The van der Waals surface area contributed by atoms with Crippen molar-refractivity contribution in [3.63, 3.8) is 0 Å². The van der Waals surface area contributed by atoms with E-state index in [1.807, 2.05) is 0 Å². The highest BCUT2D eigenvalue weighted by Gasteiger charge is 2.44. The van der Waals surface area contributed by atoms with Gasteiger partial charge < -0.3 is 11.1 Å². The summed E-state index contributed by atoms with van der Waals surface area (Å²) in [6.07, 6.45) is 1.70. The zero-order valence-electron chi connectivity index (χ0n) is 8.17. The van der Waals surface area contributed by atoms with Crippen molar-refractivity contribution in [1.82, 2.24) is 4.98 Å². The van der Waals surface area contributed by atoms with E-state index in [9.17, 15) is 8.78 Å². The van der Waals surface area contributed by atoms with E-state index in [0.29, 0.717) is 13.1 Å². The molecule has 6 heteroatoms. The first-order valence-corrected chi connectivity index (χ1v) is 5.67. The van der Waals surface area contributed by atoms with E-state index in [1.54, 1.807) is 6.20 Å². The molecule has 84 valence electrons. The Hall–Kier alpha value is -0.750. The minimum absolute atomic E-state index is 0.00484. The lowest BCUT2D eigenvalue weighted by molar-refractivity contribution is -0.106. The van der Waals surface area contributed by atoms with Crippen molar-refractivity contribution in [1.29, 1.82) is 0 Å². The van der Waals surface area contributed by atoms with Crippen molar-refractivity contribution >= 4 is 16.5 Å². The van der Waals surface area contributed by atoms with E-state index in [0.717, 1.165) is 10.0 Å². The minimum atomic E-state index is -2.43. The number of hydrogen-bond donors (Lipinski definition) is 2. The Morgan fingerprint density at radius 2 is 2.33 bits per heavy atom. The van der Waals surface area contributed by atoms with Gasteiger partial charge in [-0.3, -0.25) is 0 Å². The van der Waals surface area contributed by atoms with E-state index in [-0.39, 0.29) is 18.8 Å². The summed E-state index contributed by atoms with van der Waals surface area (Å²) in [5.41, 5.74) is 5.44. The molecule has 0 unspecified atom stereocenters. The molecule has 0 radical (unpaired) electrons. The number of halogens is 2. The summed E-state index contributed by atoms with van der Waals surface area (Å²) in [6.45, 7) is 1.05. The zero-order chi connectivity index (χ0) is 10.9. The molecule has 3 nitrogen and oxygen atoms in total. The van der Waals surface area contributed by atoms with Crippen molar-refractivity contribution in [3.8, 4) is 0 Å². The van der Waals surface area contributed by atoms with Gasteiger partial charge in [0, 0.05) is 37.0 Å². The Morgan fingerprint density at radius 1 is 1.60 bits per heavy atom. The van der Waals surface area contributed by atoms with Gasteiger partial charge in [0.05, 0.1) is 0 Å². The number of thiazole rings is 1. The number of nitrogens with zero attached hydrogens (tertiary/aromatic N) is 1. The lowest BCUT2D eigenvalue weighted by Gasteiger charge is -2.34. The van der Waals surface area contributed by atoms with Crippen LogP contribution >= 0.6 is 11.3 Å². The smallest absolute Gasteiger partial charge is 0.248 e. The average molecular weight is 233 g/mol. The molecule has 2 rings (SSSR count). The van der Waals surface area contributed by atoms with Gasteiger partial charge in [0.2, 0.25) is 5.92 Å². The van der Waals surface area contributed by atoms with Crippen molar-refractivity contribution < 1.29 is 8.78 Å². The van der Waals surface area contributed by atoms with Gasteiger partial charge in [0.25, 0.3) is 0 Å². The lowest BCUT2D eigenvalue weighted by Crippen LogP contribution is -2.39. The Labute approximate surface area is 90.7 Å². The van der Waals surface area contributed by atoms with Gasteiger partial charge in [0.15, 0.2) is 5.13 Å². The van der Waals surface area contributed by atoms with Crippen LogP contribution in [0.1, 0.15) is 17.7 Å². The van der Waals surface area contributed by atoms with Crippen molar-refractivity contribution in [2.45, 2.75) is 25.3 Å². The summed E-state index contributed by atoms with van der Waals surface area (Å²) in [6, 6.07) is 0. The molecule has 0 spiro atoms. The molecular formula is C9H13F2N3S. The maximum absolute atomic E-state index is 12.5. The summed E-state index contributed by atoms with van der Waals surface area (Å²) in [5, 5.41) is 3.83. The maximum atomic E-state index is 12.5. The van der Waals surface area contributed by atoms with Crippen molar-refractivity contribution in [2.75, 3.05) is 11.9 Å². The molecule has 3 N–H and O–H groups in total. The molecule has 0 aliphatic heterocycles. The van der Waals surface area contributed by atoms with Gasteiger partial charge >= 0.3 is 0 Å². The maximum Gasteiger partial charge on any atom is 0.248 e. The van der Waals surface area contributed by atoms with Crippen LogP contribution in [0.15, 0.2) is 6.20 Å². The number of anilines is 1. The van der Waals surface area contributed by atoms with E-state index in [4.69, 9.17) is 5.73 Å². The highest BCUT2D eigenvalue weighted by Crippen LogP contribution is 2.42. The Bertz CT molecular complexity index is 332. The summed E-state index contributed by atoms with van der Waals surface area (Å²) in [7, 11) is 0. The predicted molar refractivity (Wildman–Crippen MR) is 56.2 cm³/mol. The second kappa shape index (κ2) is 4.02. The van der Waals surface area contributed by atoms with Gasteiger partial charge in [-0.1, -0.05) is 0 Å². The van der Waals surface area contributed by atoms with Crippen LogP contribution in [0, 0.1) is 5.92 Å². The van der Waals surface area contributed by atoms with Gasteiger partial charge in [-0.15, -0.1) is 11.3 Å². The van der Waals surface area contributed by atoms with Gasteiger partial charge in [-0.2, -0.15) is 0 Å². The molecule has 0 aromatic carbocycles. The molecule has 1 fully saturated rings.